The quantitative estimate of drug-likeness (QED) is 0.338. The molecule has 0 saturated carbocycles. The first-order chi connectivity index (χ1) is 15.7. The van der Waals surface area contributed by atoms with Crippen molar-refractivity contribution >= 4 is 58.4 Å². The van der Waals surface area contributed by atoms with Crippen LogP contribution < -0.4 is 4.74 Å². The van der Waals surface area contributed by atoms with E-state index in [2.05, 4.69) is 0 Å². The van der Waals surface area contributed by atoms with Gasteiger partial charge in [-0.25, -0.2) is 13.6 Å². The lowest BCUT2D eigenvalue weighted by atomic mass is 9.85. The highest BCUT2D eigenvalue weighted by Gasteiger charge is 2.42. The fourth-order valence-corrected chi connectivity index (χ4v) is 4.14. The maximum Gasteiger partial charge on any atom is 0.415 e. The maximum atomic E-state index is 13.5. The molecule has 0 aromatic heterocycles. The average Bonchev–Trinajstić information content (AvgIpc) is 2.75. The summed E-state index contributed by atoms with van der Waals surface area (Å²) in [7, 11) is 2.86. The first kappa shape index (κ1) is 28.4. The van der Waals surface area contributed by atoms with Gasteiger partial charge in [-0.2, -0.15) is 0 Å². The molecule has 34 heavy (non-hydrogen) atoms. The fourth-order valence-electron chi connectivity index (χ4n) is 3.51. The van der Waals surface area contributed by atoms with Crippen molar-refractivity contribution in [2.24, 2.45) is 0 Å². The molecule has 0 radical (unpaired) electrons. The number of rotatable bonds is 8. The van der Waals surface area contributed by atoms with Gasteiger partial charge < -0.3 is 9.64 Å². The molecule has 0 bridgehead atoms. The van der Waals surface area contributed by atoms with E-state index in [0.29, 0.717) is 17.5 Å². The van der Waals surface area contributed by atoms with Gasteiger partial charge in [0.2, 0.25) is 5.91 Å². The molecule has 0 saturated heterocycles. The number of hydrogen-bond acceptors (Lipinski definition) is 3. The molecule has 0 aliphatic heterocycles. The zero-order valence-corrected chi connectivity index (χ0v) is 22.0. The number of amides is 2. The lowest BCUT2D eigenvalue weighted by Crippen LogP contribution is -2.55. The molecule has 0 spiro atoms. The van der Waals surface area contributed by atoms with Gasteiger partial charge in [0.05, 0.1) is 27.0 Å². The van der Waals surface area contributed by atoms with Crippen LogP contribution >= 0.6 is 46.4 Å². The molecule has 0 heterocycles. The first-order valence-corrected chi connectivity index (χ1v) is 11.7. The Morgan fingerprint density at radius 2 is 1.65 bits per heavy atom. The number of nitrogens with zero attached hydrogens (tertiary/aromatic N) is 2. The van der Waals surface area contributed by atoms with E-state index < -0.39 is 29.9 Å². The van der Waals surface area contributed by atoms with Gasteiger partial charge in [-0.3, -0.25) is 9.69 Å². The van der Waals surface area contributed by atoms with Crippen molar-refractivity contribution in [3.63, 3.8) is 0 Å². The SMILES string of the molecule is CC[C@@](CN(C)C(=O)CC(C)(F)F)(c1ccc(Cl)c(Cl)c1)N(C)C(=O)Oc1cccc(Cl)c1Cl. The third-order valence-electron chi connectivity index (χ3n) is 5.46. The molecular formula is C23H24Cl4F2N2O3. The number of alkyl halides is 2. The van der Waals surface area contributed by atoms with E-state index in [1.807, 2.05) is 0 Å². The van der Waals surface area contributed by atoms with Crippen LogP contribution in [0.25, 0.3) is 0 Å². The Kier molecular flexibility index (Phi) is 9.44. The topological polar surface area (TPSA) is 49.9 Å². The summed E-state index contributed by atoms with van der Waals surface area (Å²) in [6.07, 6.45) is -1.50. The molecular weight excluding hydrogens is 532 g/mol. The highest BCUT2D eigenvalue weighted by atomic mass is 35.5. The van der Waals surface area contributed by atoms with Crippen LogP contribution in [0.4, 0.5) is 13.6 Å². The molecule has 11 heteroatoms. The summed E-state index contributed by atoms with van der Waals surface area (Å²) in [4.78, 5) is 28.1. The number of halogens is 6. The van der Waals surface area contributed by atoms with E-state index >= 15 is 0 Å². The van der Waals surface area contributed by atoms with Crippen molar-refractivity contribution in [3.8, 4) is 5.75 Å². The average molecular weight is 556 g/mol. The van der Waals surface area contributed by atoms with E-state index in [0.717, 1.165) is 4.90 Å². The van der Waals surface area contributed by atoms with Crippen LogP contribution in [-0.2, 0) is 10.3 Å². The first-order valence-electron chi connectivity index (χ1n) is 10.2. The van der Waals surface area contributed by atoms with Gasteiger partial charge in [-0.15, -0.1) is 0 Å². The molecule has 0 aliphatic rings. The Labute approximate surface area is 217 Å². The van der Waals surface area contributed by atoms with Crippen LogP contribution in [-0.4, -0.2) is 48.4 Å². The van der Waals surface area contributed by atoms with Crippen LogP contribution in [0.5, 0.6) is 5.75 Å². The van der Waals surface area contributed by atoms with Gasteiger partial charge in [0.15, 0.2) is 5.75 Å². The predicted octanol–water partition coefficient (Wildman–Crippen LogP) is 7.54. The molecule has 0 unspecified atom stereocenters. The number of carbonyl (C=O) groups is 2. The van der Waals surface area contributed by atoms with Gasteiger partial charge in [0, 0.05) is 20.6 Å². The second-order valence-electron chi connectivity index (χ2n) is 7.99. The van der Waals surface area contributed by atoms with Crippen molar-refractivity contribution in [1.29, 1.82) is 0 Å². The van der Waals surface area contributed by atoms with E-state index in [1.54, 1.807) is 37.3 Å². The summed E-state index contributed by atoms with van der Waals surface area (Å²) in [5.41, 5.74) is -0.673. The molecule has 2 amide bonds. The number of hydrogen-bond donors (Lipinski definition) is 0. The van der Waals surface area contributed by atoms with E-state index in [-0.39, 0.29) is 33.8 Å². The highest BCUT2D eigenvalue weighted by molar-refractivity contribution is 6.43. The van der Waals surface area contributed by atoms with Gasteiger partial charge in [-0.05, 0) is 43.2 Å². The molecule has 2 rings (SSSR count). The maximum absolute atomic E-state index is 13.5. The van der Waals surface area contributed by atoms with Crippen LogP contribution in [0.15, 0.2) is 36.4 Å². The van der Waals surface area contributed by atoms with Crippen LogP contribution in [0.3, 0.4) is 0 Å². The van der Waals surface area contributed by atoms with E-state index in [1.165, 1.54) is 25.1 Å². The second kappa shape index (κ2) is 11.3. The summed E-state index contributed by atoms with van der Waals surface area (Å²) >= 11 is 24.5. The molecule has 2 aromatic rings. The van der Waals surface area contributed by atoms with Gasteiger partial charge in [0.25, 0.3) is 5.92 Å². The second-order valence-corrected chi connectivity index (χ2v) is 9.59. The van der Waals surface area contributed by atoms with Crippen LogP contribution in [0.2, 0.25) is 20.1 Å². The highest BCUT2D eigenvalue weighted by Crippen LogP contribution is 2.38. The lowest BCUT2D eigenvalue weighted by Gasteiger charge is -2.43. The van der Waals surface area contributed by atoms with Crippen LogP contribution in [0.1, 0.15) is 32.3 Å². The normalized spacial score (nSPS) is 13.2. The lowest BCUT2D eigenvalue weighted by molar-refractivity contribution is -0.138. The smallest absolute Gasteiger partial charge is 0.409 e. The fraction of sp³-hybridized carbons (Fsp3) is 0.391. The molecule has 0 N–H and O–H groups in total. The summed E-state index contributed by atoms with van der Waals surface area (Å²) in [5.74, 6) is -3.93. The van der Waals surface area contributed by atoms with Crippen molar-refractivity contribution in [2.75, 3.05) is 20.6 Å². The van der Waals surface area contributed by atoms with E-state index in [9.17, 15) is 18.4 Å². The van der Waals surface area contributed by atoms with Crippen LogP contribution in [0, 0.1) is 0 Å². The Hall–Kier alpha value is -1.80. The molecule has 5 nitrogen and oxygen atoms in total. The monoisotopic (exact) mass is 554 g/mol. The zero-order valence-electron chi connectivity index (χ0n) is 19.0. The third kappa shape index (κ3) is 6.66. The van der Waals surface area contributed by atoms with Crippen molar-refractivity contribution < 1.29 is 23.1 Å². The summed E-state index contributed by atoms with van der Waals surface area (Å²) < 4.78 is 32.4. The Bertz CT molecular complexity index is 1060. The van der Waals surface area contributed by atoms with Gasteiger partial charge >= 0.3 is 6.09 Å². The van der Waals surface area contributed by atoms with E-state index in [4.69, 9.17) is 51.1 Å². The molecule has 1 atom stereocenters. The molecule has 0 fully saturated rings. The number of carbonyl (C=O) groups excluding carboxylic acids is 2. The number of benzene rings is 2. The molecule has 186 valence electrons. The molecule has 2 aromatic carbocycles. The summed E-state index contributed by atoms with van der Waals surface area (Å²) in [6.45, 7) is 2.33. The predicted molar refractivity (Wildman–Crippen MR) is 132 cm³/mol. The minimum atomic E-state index is -3.18. The minimum absolute atomic E-state index is 0.0419. The largest absolute Gasteiger partial charge is 0.415 e. The van der Waals surface area contributed by atoms with Crippen molar-refractivity contribution in [2.45, 2.75) is 38.2 Å². The summed E-state index contributed by atoms with van der Waals surface area (Å²) in [5, 5.41) is 0.777. The number of ether oxygens (including phenoxy) is 1. The van der Waals surface area contributed by atoms with Gasteiger partial charge in [0.1, 0.15) is 5.02 Å². The number of likely N-dealkylation sites (N-methyl/N-ethyl adjacent to an activating group) is 2. The Balaban J connectivity index is 2.49. The summed E-state index contributed by atoms with van der Waals surface area (Å²) in [6, 6.07) is 9.36. The standard InChI is InChI=1S/C23H24Cl4F2N2O3/c1-5-23(14-9-10-15(24)17(26)11-14,13-30(3)19(32)12-22(2,28)29)31(4)21(33)34-18-8-6-7-16(25)20(18)27/h6-11H,5,12-13H2,1-4H3/t23-/m1/s1. The van der Waals surface area contributed by atoms with Crippen molar-refractivity contribution in [1.82, 2.24) is 9.80 Å². The Morgan fingerprint density at radius 1 is 1.00 bits per heavy atom. The molecule has 0 aliphatic carbocycles. The third-order valence-corrected chi connectivity index (χ3v) is 7.00. The Morgan fingerprint density at radius 3 is 2.21 bits per heavy atom. The zero-order chi connectivity index (χ0) is 25.8. The minimum Gasteiger partial charge on any atom is -0.409 e. The van der Waals surface area contributed by atoms with Crippen molar-refractivity contribution in [3.05, 3.63) is 62.1 Å². The van der Waals surface area contributed by atoms with Gasteiger partial charge in [-0.1, -0.05) is 65.5 Å².